The lowest BCUT2D eigenvalue weighted by atomic mass is 10.1. The molecule has 3 N–H and O–H groups in total. The fourth-order valence-electron chi connectivity index (χ4n) is 1.65. The molecule has 2 heterocycles. The van der Waals surface area contributed by atoms with Gasteiger partial charge in [-0.05, 0) is 6.07 Å². The molecule has 1 aliphatic rings. The van der Waals surface area contributed by atoms with Gasteiger partial charge in [-0.25, -0.2) is 0 Å². The SMILES string of the molecule is O=C(NCC1CNCC1O)c1ccoc1. The molecule has 5 nitrogen and oxygen atoms in total. The van der Waals surface area contributed by atoms with Crippen molar-refractivity contribution in [2.75, 3.05) is 19.6 Å². The van der Waals surface area contributed by atoms with Crippen molar-refractivity contribution < 1.29 is 14.3 Å². The number of carbonyl (C=O) groups is 1. The molecule has 15 heavy (non-hydrogen) atoms. The smallest absolute Gasteiger partial charge is 0.254 e. The third-order valence-corrected chi connectivity index (χ3v) is 2.61. The first-order chi connectivity index (χ1) is 7.27. The number of carbonyl (C=O) groups excluding carboxylic acids is 1. The summed E-state index contributed by atoms with van der Waals surface area (Å²) in [4.78, 5) is 11.5. The van der Waals surface area contributed by atoms with Crippen LogP contribution in [0.1, 0.15) is 10.4 Å². The van der Waals surface area contributed by atoms with Gasteiger partial charge in [0.2, 0.25) is 0 Å². The number of amides is 1. The minimum Gasteiger partial charge on any atom is -0.472 e. The van der Waals surface area contributed by atoms with Crippen molar-refractivity contribution in [3.05, 3.63) is 24.2 Å². The molecular weight excluding hydrogens is 196 g/mol. The Morgan fingerprint density at radius 2 is 2.53 bits per heavy atom. The first-order valence-electron chi connectivity index (χ1n) is 4.96. The van der Waals surface area contributed by atoms with Crippen LogP contribution in [0.25, 0.3) is 0 Å². The Kier molecular flexibility index (Phi) is 3.03. The van der Waals surface area contributed by atoms with Crippen LogP contribution in [-0.2, 0) is 0 Å². The average molecular weight is 210 g/mol. The van der Waals surface area contributed by atoms with Gasteiger partial charge in [0.1, 0.15) is 6.26 Å². The summed E-state index contributed by atoms with van der Waals surface area (Å²) >= 11 is 0. The van der Waals surface area contributed by atoms with Crippen molar-refractivity contribution in [2.24, 2.45) is 5.92 Å². The number of nitrogens with one attached hydrogen (secondary N) is 2. The molecule has 0 aromatic carbocycles. The van der Waals surface area contributed by atoms with Gasteiger partial charge in [0.15, 0.2) is 0 Å². The van der Waals surface area contributed by atoms with Gasteiger partial charge in [0.25, 0.3) is 5.91 Å². The van der Waals surface area contributed by atoms with Crippen molar-refractivity contribution in [3.8, 4) is 0 Å². The normalized spacial score (nSPS) is 25.4. The molecule has 0 aliphatic carbocycles. The van der Waals surface area contributed by atoms with Gasteiger partial charge in [0.05, 0.1) is 17.9 Å². The molecule has 1 aliphatic heterocycles. The van der Waals surface area contributed by atoms with Crippen LogP contribution in [0.4, 0.5) is 0 Å². The first-order valence-corrected chi connectivity index (χ1v) is 4.96. The van der Waals surface area contributed by atoms with Gasteiger partial charge in [-0.3, -0.25) is 4.79 Å². The van der Waals surface area contributed by atoms with E-state index in [9.17, 15) is 9.90 Å². The molecule has 1 amide bonds. The molecule has 0 saturated carbocycles. The maximum atomic E-state index is 11.5. The minimum absolute atomic E-state index is 0.0980. The molecule has 1 aromatic heterocycles. The van der Waals surface area contributed by atoms with Crippen LogP contribution >= 0.6 is 0 Å². The number of β-amino-alcohol motifs (C(OH)–C–C–N with tert-alkyl or cyclic N) is 1. The summed E-state index contributed by atoms with van der Waals surface area (Å²) in [5.41, 5.74) is 0.510. The summed E-state index contributed by atoms with van der Waals surface area (Å²) in [6, 6.07) is 1.61. The molecule has 0 spiro atoms. The molecule has 1 aromatic rings. The van der Waals surface area contributed by atoms with E-state index < -0.39 is 0 Å². The Morgan fingerprint density at radius 1 is 1.67 bits per heavy atom. The largest absolute Gasteiger partial charge is 0.472 e. The lowest BCUT2D eigenvalue weighted by molar-refractivity contribution is 0.0926. The maximum Gasteiger partial charge on any atom is 0.254 e. The highest BCUT2D eigenvalue weighted by Gasteiger charge is 2.25. The highest BCUT2D eigenvalue weighted by molar-refractivity contribution is 5.93. The van der Waals surface area contributed by atoms with E-state index in [-0.39, 0.29) is 17.9 Å². The Hall–Kier alpha value is -1.33. The number of furan rings is 1. The third-order valence-electron chi connectivity index (χ3n) is 2.61. The average Bonchev–Trinajstić information content (AvgIpc) is 2.85. The second-order valence-electron chi connectivity index (χ2n) is 3.71. The van der Waals surface area contributed by atoms with Gasteiger partial charge >= 0.3 is 0 Å². The van der Waals surface area contributed by atoms with E-state index >= 15 is 0 Å². The lowest BCUT2D eigenvalue weighted by Gasteiger charge is -2.13. The van der Waals surface area contributed by atoms with E-state index in [0.29, 0.717) is 18.7 Å². The summed E-state index contributed by atoms with van der Waals surface area (Å²) < 4.78 is 4.81. The molecule has 2 rings (SSSR count). The third kappa shape index (κ3) is 2.37. The zero-order valence-electron chi connectivity index (χ0n) is 8.27. The van der Waals surface area contributed by atoms with Crippen molar-refractivity contribution in [1.29, 1.82) is 0 Å². The van der Waals surface area contributed by atoms with Crippen molar-refractivity contribution >= 4 is 5.91 Å². The molecule has 82 valence electrons. The van der Waals surface area contributed by atoms with Gasteiger partial charge in [-0.15, -0.1) is 0 Å². The number of hydrogen-bond acceptors (Lipinski definition) is 4. The fraction of sp³-hybridized carbons (Fsp3) is 0.500. The number of aliphatic hydroxyl groups excluding tert-OH is 1. The van der Waals surface area contributed by atoms with Crippen molar-refractivity contribution in [2.45, 2.75) is 6.10 Å². The molecule has 2 atom stereocenters. The van der Waals surface area contributed by atoms with Crippen molar-refractivity contribution in [1.82, 2.24) is 10.6 Å². The zero-order valence-corrected chi connectivity index (χ0v) is 8.27. The molecule has 2 unspecified atom stereocenters. The van der Waals surface area contributed by atoms with Gasteiger partial charge in [-0.2, -0.15) is 0 Å². The molecule has 5 heteroatoms. The van der Waals surface area contributed by atoms with Crippen molar-refractivity contribution in [3.63, 3.8) is 0 Å². The zero-order chi connectivity index (χ0) is 10.7. The van der Waals surface area contributed by atoms with E-state index in [1.54, 1.807) is 6.07 Å². The van der Waals surface area contributed by atoms with Gasteiger partial charge in [0, 0.05) is 25.6 Å². The number of hydrogen-bond donors (Lipinski definition) is 3. The Bertz CT molecular complexity index is 323. The van der Waals surface area contributed by atoms with E-state index in [1.807, 2.05) is 0 Å². The first kappa shape index (κ1) is 10.2. The molecule has 0 bridgehead atoms. The molecule has 1 saturated heterocycles. The quantitative estimate of drug-likeness (QED) is 0.634. The van der Waals surface area contributed by atoms with Crippen LogP contribution in [0.15, 0.2) is 23.0 Å². The van der Waals surface area contributed by atoms with Gasteiger partial charge < -0.3 is 20.2 Å². The number of rotatable bonds is 3. The molecule has 1 fully saturated rings. The monoisotopic (exact) mass is 210 g/mol. The number of aliphatic hydroxyl groups is 1. The Morgan fingerprint density at radius 3 is 3.13 bits per heavy atom. The van der Waals surface area contributed by atoms with Crippen LogP contribution in [0.2, 0.25) is 0 Å². The van der Waals surface area contributed by atoms with Crippen LogP contribution in [0.5, 0.6) is 0 Å². The second kappa shape index (κ2) is 4.46. The van der Waals surface area contributed by atoms with Crippen LogP contribution < -0.4 is 10.6 Å². The highest BCUT2D eigenvalue weighted by atomic mass is 16.3. The molecule has 0 radical (unpaired) electrons. The van der Waals surface area contributed by atoms with E-state index in [2.05, 4.69) is 10.6 Å². The second-order valence-corrected chi connectivity index (χ2v) is 3.71. The highest BCUT2D eigenvalue weighted by Crippen LogP contribution is 2.07. The van der Waals surface area contributed by atoms with Crippen LogP contribution in [0.3, 0.4) is 0 Å². The van der Waals surface area contributed by atoms with E-state index in [1.165, 1.54) is 12.5 Å². The topological polar surface area (TPSA) is 74.5 Å². The Balaban J connectivity index is 1.81. The molecular formula is C10H14N2O3. The van der Waals surface area contributed by atoms with Crippen LogP contribution in [-0.4, -0.2) is 36.8 Å². The summed E-state index contributed by atoms with van der Waals surface area (Å²) in [6.07, 6.45) is 2.49. The summed E-state index contributed by atoms with van der Waals surface area (Å²) in [5.74, 6) is -0.0660. The lowest BCUT2D eigenvalue weighted by Crippen LogP contribution is -2.34. The fourth-order valence-corrected chi connectivity index (χ4v) is 1.65. The van der Waals surface area contributed by atoms with Gasteiger partial charge in [-0.1, -0.05) is 0 Å². The minimum atomic E-state index is -0.366. The summed E-state index contributed by atoms with van der Waals surface area (Å²) in [6.45, 7) is 1.83. The Labute approximate surface area is 87.5 Å². The van der Waals surface area contributed by atoms with E-state index in [0.717, 1.165) is 6.54 Å². The summed E-state index contributed by atoms with van der Waals surface area (Å²) in [5, 5.41) is 15.3. The predicted molar refractivity (Wildman–Crippen MR) is 53.4 cm³/mol. The predicted octanol–water partition coefficient (Wildman–Crippen LogP) is -0.410. The standard InChI is InChI=1S/C10H14N2O3/c13-9-5-11-3-8(9)4-12-10(14)7-1-2-15-6-7/h1-2,6,8-9,11,13H,3-5H2,(H,12,14). The maximum absolute atomic E-state index is 11.5. The van der Waals surface area contributed by atoms with E-state index in [4.69, 9.17) is 4.42 Å². The summed E-state index contributed by atoms with van der Waals surface area (Å²) in [7, 11) is 0. The van der Waals surface area contributed by atoms with Crippen LogP contribution in [0, 0.1) is 5.92 Å².